The Balaban J connectivity index is 2.29. The third-order valence-electron chi connectivity index (χ3n) is 3.75. The normalized spacial score (nSPS) is 25.0. The Morgan fingerprint density at radius 3 is 2.14 bits per heavy atom. The Morgan fingerprint density at radius 2 is 1.73 bits per heavy atom. The topological polar surface area (TPSA) is 26.3 Å². The molecule has 2 rings (SSSR count). The molecule has 1 aliphatic carbocycles. The zero-order valence-electron chi connectivity index (χ0n) is 11.4. The van der Waals surface area contributed by atoms with Gasteiger partial charge in [0.2, 0.25) is 0 Å². The summed E-state index contributed by atoms with van der Waals surface area (Å²) >= 11 is 0. The minimum atomic E-state index is -4.81. The fourth-order valence-electron chi connectivity index (χ4n) is 2.48. The van der Waals surface area contributed by atoms with E-state index in [0.717, 1.165) is 12.1 Å². The molecular weight excluding hydrogens is 314 g/mol. The molecule has 2 atom stereocenters. The van der Waals surface area contributed by atoms with Gasteiger partial charge in [0.15, 0.2) is 5.41 Å². The second-order valence-electron chi connectivity index (χ2n) is 5.07. The molecule has 8 heteroatoms. The highest BCUT2D eigenvalue weighted by atomic mass is 19.4. The van der Waals surface area contributed by atoms with E-state index in [9.17, 15) is 31.1 Å². The lowest BCUT2D eigenvalue weighted by molar-refractivity contribution is -0.207. The third kappa shape index (κ3) is 2.66. The van der Waals surface area contributed by atoms with Crippen LogP contribution in [0.4, 0.5) is 26.3 Å². The molecule has 1 aromatic rings. The Morgan fingerprint density at radius 1 is 1.18 bits per heavy atom. The van der Waals surface area contributed by atoms with Crippen molar-refractivity contribution in [2.75, 3.05) is 6.61 Å². The summed E-state index contributed by atoms with van der Waals surface area (Å²) in [5.41, 5.74) is -3.56. The quantitative estimate of drug-likeness (QED) is 0.611. The molecule has 22 heavy (non-hydrogen) atoms. The first-order chi connectivity index (χ1) is 10.0. The van der Waals surface area contributed by atoms with Gasteiger partial charge in [-0.25, -0.2) is 0 Å². The van der Waals surface area contributed by atoms with Crippen molar-refractivity contribution in [1.29, 1.82) is 0 Å². The molecule has 2 nitrogen and oxygen atoms in total. The average Bonchev–Trinajstić information content (AvgIpc) is 3.14. The number of carbonyl (C=O) groups excluding carboxylic acids is 1. The highest BCUT2D eigenvalue weighted by Crippen LogP contribution is 2.68. The largest absolute Gasteiger partial charge is 0.465 e. The molecule has 0 saturated heterocycles. The minimum Gasteiger partial charge on any atom is -0.465 e. The van der Waals surface area contributed by atoms with E-state index in [4.69, 9.17) is 0 Å². The van der Waals surface area contributed by atoms with Crippen LogP contribution < -0.4 is 0 Å². The highest BCUT2D eigenvalue weighted by Gasteiger charge is 2.76. The number of alkyl halides is 6. The third-order valence-corrected chi connectivity index (χ3v) is 3.75. The molecule has 1 saturated carbocycles. The zero-order valence-corrected chi connectivity index (χ0v) is 11.4. The monoisotopic (exact) mass is 326 g/mol. The van der Waals surface area contributed by atoms with Crippen LogP contribution in [0.25, 0.3) is 0 Å². The van der Waals surface area contributed by atoms with Gasteiger partial charge in [-0.15, -0.1) is 0 Å². The van der Waals surface area contributed by atoms with Gasteiger partial charge in [0.25, 0.3) is 0 Å². The summed E-state index contributed by atoms with van der Waals surface area (Å²) in [5, 5.41) is 0. The first kappa shape index (κ1) is 16.6. The Hall–Kier alpha value is -1.73. The van der Waals surface area contributed by atoms with Crippen LogP contribution in [0.15, 0.2) is 24.3 Å². The number of hydrogen-bond acceptors (Lipinski definition) is 2. The molecule has 1 fully saturated rings. The van der Waals surface area contributed by atoms with E-state index in [1.165, 1.54) is 6.92 Å². The SMILES string of the molecule is CCOC(=O)[C@]1(C(F)(F)F)C[C@@H]1c1ccc(C(F)(F)F)cc1. The molecule has 0 aliphatic heterocycles. The molecule has 0 unspecified atom stereocenters. The predicted octanol–water partition coefficient (Wildman–Crippen LogP) is 4.30. The second kappa shape index (κ2) is 5.17. The van der Waals surface area contributed by atoms with Crippen molar-refractivity contribution in [3.05, 3.63) is 35.4 Å². The van der Waals surface area contributed by atoms with Crippen LogP contribution in [0.5, 0.6) is 0 Å². The van der Waals surface area contributed by atoms with Crippen molar-refractivity contribution < 1.29 is 35.9 Å². The van der Waals surface area contributed by atoms with Gasteiger partial charge >= 0.3 is 18.3 Å². The van der Waals surface area contributed by atoms with Crippen molar-refractivity contribution in [3.63, 3.8) is 0 Å². The van der Waals surface area contributed by atoms with Crippen LogP contribution in [0.1, 0.15) is 30.4 Å². The Kier molecular flexibility index (Phi) is 3.91. The lowest BCUT2D eigenvalue weighted by Crippen LogP contribution is -2.35. The maximum atomic E-state index is 13.2. The predicted molar refractivity (Wildman–Crippen MR) is 63.9 cm³/mol. The van der Waals surface area contributed by atoms with Crippen LogP contribution in [-0.2, 0) is 15.7 Å². The van der Waals surface area contributed by atoms with Crippen molar-refractivity contribution >= 4 is 5.97 Å². The van der Waals surface area contributed by atoms with Gasteiger partial charge in [0.05, 0.1) is 12.2 Å². The molecule has 1 aliphatic rings. The Bertz CT molecular complexity index is 560. The molecule has 0 bridgehead atoms. The van der Waals surface area contributed by atoms with Crippen LogP contribution >= 0.6 is 0 Å². The van der Waals surface area contributed by atoms with E-state index in [0.29, 0.717) is 12.1 Å². The summed E-state index contributed by atoms with van der Waals surface area (Å²) in [7, 11) is 0. The van der Waals surface area contributed by atoms with E-state index in [-0.39, 0.29) is 12.2 Å². The van der Waals surface area contributed by atoms with Gasteiger partial charge in [-0.05, 0) is 31.0 Å². The number of rotatable bonds is 3. The molecular formula is C14H12F6O2. The lowest BCUT2D eigenvalue weighted by Gasteiger charge is -2.19. The summed E-state index contributed by atoms with van der Waals surface area (Å²) in [6, 6.07) is 3.36. The lowest BCUT2D eigenvalue weighted by atomic mass is 9.97. The molecule has 122 valence electrons. The fraction of sp³-hybridized carbons (Fsp3) is 0.500. The number of ether oxygens (including phenoxy) is 1. The number of esters is 1. The second-order valence-corrected chi connectivity index (χ2v) is 5.07. The first-order valence-corrected chi connectivity index (χ1v) is 6.45. The molecule has 0 spiro atoms. The standard InChI is InChI=1S/C14H12F6O2/c1-2-22-11(21)12(14(18,19)20)7-10(12)8-3-5-9(6-4-8)13(15,16)17/h3-6,10H,2,7H2,1H3/t10-,12+/m1/s1. The van der Waals surface area contributed by atoms with E-state index in [2.05, 4.69) is 4.74 Å². The fourth-order valence-corrected chi connectivity index (χ4v) is 2.48. The van der Waals surface area contributed by atoms with E-state index >= 15 is 0 Å². The molecule has 0 radical (unpaired) electrons. The highest BCUT2D eigenvalue weighted by molar-refractivity contribution is 5.83. The van der Waals surface area contributed by atoms with Gasteiger partial charge in [-0.1, -0.05) is 12.1 Å². The number of benzene rings is 1. The zero-order chi connectivity index (χ0) is 16.8. The molecule has 0 amide bonds. The maximum absolute atomic E-state index is 13.2. The summed E-state index contributed by atoms with van der Waals surface area (Å²) in [6.07, 6.45) is -9.89. The molecule has 0 N–H and O–H groups in total. The van der Waals surface area contributed by atoms with Crippen LogP contribution in [-0.4, -0.2) is 18.8 Å². The van der Waals surface area contributed by atoms with Crippen LogP contribution in [0, 0.1) is 5.41 Å². The van der Waals surface area contributed by atoms with Gasteiger partial charge in [-0.3, -0.25) is 4.79 Å². The number of hydrogen-bond donors (Lipinski definition) is 0. The molecule has 0 heterocycles. The van der Waals surface area contributed by atoms with Crippen molar-refractivity contribution in [2.45, 2.75) is 31.6 Å². The smallest absolute Gasteiger partial charge is 0.416 e. The van der Waals surface area contributed by atoms with Gasteiger partial charge in [0.1, 0.15) is 0 Å². The van der Waals surface area contributed by atoms with Gasteiger partial charge < -0.3 is 4.74 Å². The van der Waals surface area contributed by atoms with E-state index < -0.39 is 41.6 Å². The van der Waals surface area contributed by atoms with Crippen molar-refractivity contribution in [3.8, 4) is 0 Å². The number of halogens is 6. The van der Waals surface area contributed by atoms with Crippen LogP contribution in [0.2, 0.25) is 0 Å². The summed E-state index contributed by atoms with van der Waals surface area (Å²) in [6.45, 7) is 1.19. The van der Waals surface area contributed by atoms with Crippen LogP contribution in [0.3, 0.4) is 0 Å². The Labute approximate surface area is 122 Å². The average molecular weight is 326 g/mol. The summed E-state index contributed by atoms with van der Waals surface area (Å²) in [5.74, 6) is -2.60. The number of carbonyl (C=O) groups is 1. The molecule has 0 aromatic heterocycles. The van der Waals surface area contributed by atoms with E-state index in [1.807, 2.05) is 0 Å². The van der Waals surface area contributed by atoms with Crippen molar-refractivity contribution in [1.82, 2.24) is 0 Å². The summed E-state index contributed by atoms with van der Waals surface area (Å²) in [4.78, 5) is 11.7. The van der Waals surface area contributed by atoms with E-state index in [1.54, 1.807) is 0 Å². The first-order valence-electron chi connectivity index (χ1n) is 6.45. The molecule has 1 aromatic carbocycles. The summed E-state index contributed by atoms with van der Waals surface area (Å²) < 4.78 is 81.4. The van der Waals surface area contributed by atoms with Gasteiger partial charge in [0, 0.05) is 5.92 Å². The van der Waals surface area contributed by atoms with Crippen molar-refractivity contribution in [2.24, 2.45) is 5.41 Å². The minimum absolute atomic E-state index is 0.0402. The van der Waals surface area contributed by atoms with Gasteiger partial charge in [-0.2, -0.15) is 26.3 Å². The maximum Gasteiger partial charge on any atom is 0.416 e.